The van der Waals surface area contributed by atoms with Crippen molar-refractivity contribution in [1.82, 2.24) is 0 Å². The van der Waals surface area contributed by atoms with E-state index in [1.165, 1.54) is 6.08 Å². The lowest BCUT2D eigenvalue weighted by atomic mass is 10.0. The smallest absolute Gasteiger partial charge is 0.332 e. The average molecular weight is 253 g/mol. The summed E-state index contributed by atoms with van der Waals surface area (Å²) in [6.07, 6.45) is 1.53. The van der Waals surface area contributed by atoms with E-state index in [0.717, 1.165) is 16.7 Å². The third kappa shape index (κ3) is 1.60. The molecule has 0 aromatic heterocycles. The second-order valence-corrected chi connectivity index (χ2v) is 4.00. The number of alkyl halides is 1. The van der Waals surface area contributed by atoms with Crippen LogP contribution >= 0.6 is 15.9 Å². The highest BCUT2D eigenvalue weighted by molar-refractivity contribution is 9.09. The van der Waals surface area contributed by atoms with Gasteiger partial charge in [0.1, 0.15) is 0 Å². The molecule has 72 valence electrons. The first-order valence-electron chi connectivity index (χ1n) is 4.31. The molecule has 0 N–H and O–H groups in total. The molecule has 3 heteroatoms. The molecule has 1 aliphatic heterocycles. The summed E-state index contributed by atoms with van der Waals surface area (Å²) >= 11 is 3.30. The second-order valence-electron chi connectivity index (χ2n) is 3.17. The van der Waals surface area contributed by atoms with Crippen LogP contribution in [0.25, 0.3) is 5.57 Å². The van der Waals surface area contributed by atoms with Gasteiger partial charge in [0.25, 0.3) is 0 Å². The summed E-state index contributed by atoms with van der Waals surface area (Å²) in [5, 5.41) is -0.309. The summed E-state index contributed by atoms with van der Waals surface area (Å²) in [6.45, 7) is 2.01. The van der Waals surface area contributed by atoms with E-state index < -0.39 is 0 Å². The zero-order valence-corrected chi connectivity index (χ0v) is 9.24. The van der Waals surface area contributed by atoms with E-state index in [1.807, 2.05) is 31.2 Å². The van der Waals surface area contributed by atoms with Gasteiger partial charge >= 0.3 is 5.97 Å². The average Bonchev–Trinajstić information content (AvgIpc) is 2.46. The van der Waals surface area contributed by atoms with Crippen LogP contribution in [-0.4, -0.2) is 11.0 Å². The molecule has 1 aromatic rings. The summed E-state index contributed by atoms with van der Waals surface area (Å²) < 4.78 is 4.97. The van der Waals surface area contributed by atoms with Gasteiger partial charge in [-0.25, -0.2) is 4.79 Å². The Labute approximate surface area is 90.7 Å². The van der Waals surface area contributed by atoms with E-state index in [4.69, 9.17) is 4.74 Å². The highest BCUT2D eigenvalue weighted by atomic mass is 79.9. The number of carbonyl (C=O) groups excluding carboxylic acids is 1. The van der Waals surface area contributed by atoms with Gasteiger partial charge in [-0.3, -0.25) is 0 Å². The first-order valence-corrected chi connectivity index (χ1v) is 5.22. The number of aryl methyl sites for hydroxylation is 1. The molecule has 0 spiro atoms. The van der Waals surface area contributed by atoms with E-state index >= 15 is 0 Å². The number of ether oxygens (including phenoxy) is 1. The van der Waals surface area contributed by atoms with Crippen molar-refractivity contribution in [3.05, 3.63) is 41.5 Å². The second kappa shape index (κ2) is 3.58. The van der Waals surface area contributed by atoms with Crippen LogP contribution in [-0.2, 0) is 9.53 Å². The number of benzene rings is 1. The maximum absolute atomic E-state index is 11.0. The van der Waals surface area contributed by atoms with Gasteiger partial charge in [-0.2, -0.15) is 0 Å². The normalized spacial score (nSPS) is 20.6. The van der Waals surface area contributed by atoms with E-state index in [2.05, 4.69) is 15.9 Å². The molecule has 0 fully saturated rings. The lowest BCUT2D eigenvalue weighted by Crippen LogP contribution is -2.02. The molecule has 2 rings (SSSR count). The quantitative estimate of drug-likeness (QED) is 0.568. The lowest BCUT2D eigenvalue weighted by Gasteiger charge is -2.09. The number of hydrogen-bond acceptors (Lipinski definition) is 2. The molecule has 1 aliphatic rings. The summed E-state index contributed by atoms with van der Waals surface area (Å²) in [4.78, 5) is 11.0. The Bertz CT molecular complexity index is 410. The molecular weight excluding hydrogens is 244 g/mol. The third-order valence-electron chi connectivity index (χ3n) is 2.19. The molecule has 1 aromatic carbocycles. The van der Waals surface area contributed by atoms with Crippen LogP contribution in [0, 0.1) is 6.92 Å². The van der Waals surface area contributed by atoms with Crippen LogP contribution < -0.4 is 0 Å². The zero-order valence-electron chi connectivity index (χ0n) is 7.66. The standard InChI is InChI=1S/C11H9BrO2/c1-7-4-2-3-5-8(7)9-6-10(13)14-11(9)12/h2-6,11H,1H3. The van der Waals surface area contributed by atoms with Crippen LogP contribution in [0.15, 0.2) is 30.3 Å². The highest BCUT2D eigenvalue weighted by Gasteiger charge is 2.25. The molecular formula is C11H9BrO2. The Morgan fingerprint density at radius 3 is 2.64 bits per heavy atom. The van der Waals surface area contributed by atoms with Crippen molar-refractivity contribution in [2.45, 2.75) is 11.9 Å². The Balaban J connectivity index is 2.46. The van der Waals surface area contributed by atoms with Gasteiger partial charge in [-0.1, -0.05) is 24.3 Å². The predicted octanol–water partition coefficient (Wildman–Crippen LogP) is 2.66. The molecule has 1 atom stereocenters. The molecule has 1 unspecified atom stereocenters. The molecule has 0 bridgehead atoms. The minimum atomic E-state index is -0.309. The number of hydrogen-bond donors (Lipinski definition) is 0. The van der Waals surface area contributed by atoms with Crippen LogP contribution in [0.2, 0.25) is 0 Å². The maximum atomic E-state index is 11.0. The maximum Gasteiger partial charge on any atom is 0.332 e. The number of halogens is 1. The van der Waals surface area contributed by atoms with Crippen molar-refractivity contribution < 1.29 is 9.53 Å². The van der Waals surface area contributed by atoms with E-state index in [1.54, 1.807) is 0 Å². The van der Waals surface area contributed by atoms with Crippen LogP contribution in [0.4, 0.5) is 0 Å². The van der Waals surface area contributed by atoms with E-state index in [9.17, 15) is 4.79 Å². The Hall–Kier alpha value is -1.09. The van der Waals surface area contributed by atoms with Crippen molar-refractivity contribution in [3.8, 4) is 0 Å². The van der Waals surface area contributed by atoms with Gasteiger partial charge in [0.15, 0.2) is 5.01 Å². The van der Waals surface area contributed by atoms with Crippen molar-refractivity contribution in [2.24, 2.45) is 0 Å². The lowest BCUT2D eigenvalue weighted by molar-refractivity contribution is -0.135. The molecule has 14 heavy (non-hydrogen) atoms. The van der Waals surface area contributed by atoms with Gasteiger partial charge in [-0.15, -0.1) is 0 Å². The van der Waals surface area contributed by atoms with Crippen molar-refractivity contribution in [3.63, 3.8) is 0 Å². The molecule has 0 radical (unpaired) electrons. The van der Waals surface area contributed by atoms with Crippen LogP contribution in [0.1, 0.15) is 11.1 Å². The number of carbonyl (C=O) groups is 1. The van der Waals surface area contributed by atoms with Crippen LogP contribution in [0.3, 0.4) is 0 Å². The molecule has 0 saturated heterocycles. The van der Waals surface area contributed by atoms with Crippen molar-refractivity contribution in [2.75, 3.05) is 0 Å². The fourth-order valence-electron chi connectivity index (χ4n) is 1.49. The van der Waals surface area contributed by atoms with Gasteiger partial charge in [-0.05, 0) is 34.0 Å². The van der Waals surface area contributed by atoms with Crippen molar-refractivity contribution in [1.29, 1.82) is 0 Å². The summed E-state index contributed by atoms with van der Waals surface area (Å²) in [5.74, 6) is -0.287. The number of cyclic esters (lactones) is 1. The topological polar surface area (TPSA) is 26.3 Å². The minimum absolute atomic E-state index is 0.287. The zero-order chi connectivity index (χ0) is 10.1. The summed E-state index contributed by atoms with van der Waals surface area (Å²) in [6, 6.07) is 7.92. The van der Waals surface area contributed by atoms with Gasteiger partial charge in [0.2, 0.25) is 0 Å². The number of rotatable bonds is 1. The largest absolute Gasteiger partial charge is 0.443 e. The monoisotopic (exact) mass is 252 g/mol. The number of esters is 1. The minimum Gasteiger partial charge on any atom is -0.443 e. The van der Waals surface area contributed by atoms with E-state index in [0.29, 0.717) is 0 Å². The molecule has 1 heterocycles. The van der Waals surface area contributed by atoms with Crippen molar-refractivity contribution >= 4 is 27.5 Å². The third-order valence-corrected chi connectivity index (χ3v) is 2.87. The fourth-order valence-corrected chi connectivity index (χ4v) is 2.05. The van der Waals surface area contributed by atoms with Gasteiger partial charge < -0.3 is 4.74 Å². The first kappa shape index (κ1) is 9.46. The summed E-state index contributed by atoms with van der Waals surface area (Å²) in [7, 11) is 0. The Morgan fingerprint density at radius 2 is 2.07 bits per heavy atom. The molecule has 0 saturated carbocycles. The molecule has 2 nitrogen and oxygen atoms in total. The SMILES string of the molecule is Cc1ccccc1C1=CC(=O)OC1Br. The predicted molar refractivity (Wildman–Crippen MR) is 58.0 cm³/mol. The molecule has 0 amide bonds. The van der Waals surface area contributed by atoms with Crippen LogP contribution in [0.5, 0.6) is 0 Å². The summed E-state index contributed by atoms with van der Waals surface area (Å²) in [5.41, 5.74) is 3.09. The Kier molecular flexibility index (Phi) is 2.42. The fraction of sp³-hybridized carbons (Fsp3) is 0.182. The Morgan fingerprint density at radius 1 is 1.36 bits per heavy atom. The van der Waals surface area contributed by atoms with Gasteiger partial charge in [0.05, 0.1) is 0 Å². The van der Waals surface area contributed by atoms with Gasteiger partial charge in [0, 0.05) is 11.6 Å². The molecule has 0 aliphatic carbocycles. The van der Waals surface area contributed by atoms with E-state index in [-0.39, 0.29) is 11.0 Å². The first-order chi connectivity index (χ1) is 6.68. The highest BCUT2D eigenvalue weighted by Crippen LogP contribution is 2.31.